The van der Waals surface area contributed by atoms with E-state index in [4.69, 9.17) is 11.6 Å². The molecule has 0 aliphatic carbocycles. The van der Waals surface area contributed by atoms with Crippen LogP contribution in [0.2, 0.25) is 5.02 Å². The van der Waals surface area contributed by atoms with Crippen LogP contribution in [0.1, 0.15) is 21.7 Å². The molecule has 29 heavy (non-hydrogen) atoms. The molecular weight excluding hydrogens is 402 g/mol. The van der Waals surface area contributed by atoms with Crippen molar-refractivity contribution in [2.24, 2.45) is 5.92 Å². The minimum atomic E-state index is -0.559. The quantitative estimate of drug-likeness (QED) is 0.615. The molecule has 1 amide bonds. The first kappa shape index (κ1) is 20.9. The van der Waals surface area contributed by atoms with E-state index >= 15 is 0 Å². The Bertz CT molecular complexity index is 1030. The average molecular weight is 421 g/mol. The summed E-state index contributed by atoms with van der Waals surface area (Å²) >= 11 is 5.80. The summed E-state index contributed by atoms with van der Waals surface area (Å²) in [5.41, 5.74) is 1.47. The van der Waals surface area contributed by atoms with Crippen LogP contribution in [0.25, 0.3) is 5.69 Å². The van der Waals surface area contributed by atoms with Crippen molar-refractivity contribution in [2.75, 3.05) is 13.2 Å². The molecule has 1 atom stereocenters. The monoisotopic (exact) mass is 420 g/mol. The number of hydrogen-bond acceptors (Lipinski definition) is 4. The van der Waals surface area contributed by atoms with Crippen molar-refractivity contribution in [3.63, 3.8) is 0 Å². The van der Waals surface area contributed by atoms with Crippen molar-refractivity contribution in [2.45, 2.75) is 13.3 Å². The zero-order valence-corrected chi connectivity index (χ0v) is 16.3. The number of aromatic nitrogens is 3. The van der Waals surface area contributed by atoms with Crippen molar-refractivity contribution in [3.05, 3.63) is 76.1 Å². The van der Waals surface area contributed by atoms with E-state index in [1.165, 1.54) is 28.9 Å². The predicted octanol–water partition coefficient (Wildman–Crippen LogP) is 3.09. The van der Waals surface area contributed by atoms with E-state index in [0.29, 0.717) is 16.9 Å². The summed E-state index contributed by atoms with van der Waals surface area (Å²) < 4.78 is 28.5. The lowest BCUT2D eigenvalue weighted by Gasteiger charge is -2.15. The Kier molecular flexibility index (Phi) is 6.56. The summed E-state index contributed by atoms with van der Waals surface area (Å²) in [5, 5.41) is 20.0. The lowest BCUT2D eigenvalue weighted by atomic mass is 9.99. The van der Waals surface area contributed by atoms with Crippen molar-refractivity contribution in [1.82, 2.24) is 20.3 Å². The zero-order valence-electron chi connectivity index (χ0n) is 15.6. The Morgan fingerprint density at radius 1 is 1.24 bits per heavy atom. The smallest absolute Gasteiger partial charge is 0.273 e. The lowest BCUT2D eigenvalue weighted by molar-refractivity contribution is 0.0934. The first-order valence-corrected chi connectivity index (χ1v) is 9.28. The maximum atomic E-state index is 13.8. The van der Waals surface area contributed by atoms with Gasteiger partial charge in [0, 0.05) is 19.1 Å². The van der Waals surface area contributed by atoms with E-state index in [-0.39, 0.29) is 42.0 Å². The number of hydrogen-bond donors (Lipinski definition) is 2. The largest absolute Gasteiger partial charge is 0.396 e. The molecule has 3 rings (SSSR count). The van der Waals surface area contributed by atoms with E-state index in [0.717, 1.165) is 0 Å². The number of rotatable bonds is 7. The number of amides is 1. The molecule has 0 fully saturated rings. The highest BCUT2D eigenvalue weighted by molar-refractivity contribution is 6.30. The van der Waals surface area contributed by atoms with E-state index < -0.39 is 11.7 Å². The summed E-state index contributed by atoms with van der Waals surface area (Å²) in [6.45, 7) is 1.57. The third kappa shape index (κ3) is 4.78. The van der Waals surface area contributed by atoms with Crippen LogP contribution in [-0.2, 0) is 6.42 Å². The van der Waals surface area contributed by atoms with Gasteiger partial charge in [-0.15, -0.1) is 5.10 Å². The Morgan fingerprint density at radius 2 is 2.00 bits per heavy atom. The van der Waals surface area contributed by atoms with Crippen molar-refractivity contribution in [1.29, 1.82) is 0 Å². The Hall–Kier alpha value is -2.84. The van der Waals surface area contributed by atoms with Crippen LogP contribution in [-0.4, -0.2) is 39.2 Å². The van der Waals surface area contributed by atoms with Gasteiger partial charge in [0.1, 0.15) is 11.6 Å². The van der Waals surface area contributed by atoms with Crippen LogP contribution in [0.4, 0.5) is 8.78 Å². The fourth-order valence-corrected chi connectivity index (χ4v) is 3.07. The Morgan fingerprint density at radius 3 is 2.69 bits per heavy atom. The maximum Gasteiger partial charge on any atom is 0.273 e. The van der Waals surface area contributed by atoms with Crippen LogP contribution in [0, 0.1) is 24.5 Å². The molecule has 0 spiro atoms. The van der Waals surface area contributed by atoms with Crippen LogP contribution >= 0.6 is 11.6 Å². The normalized spacial score (nSPS) is 12.0. The maximum absolute atomic E-state index is 13.8. The molecule has 152 valence electrons. The molecule has 0 aliphatic heterocycles. The standard InChI is InChI=1S/C20H19ClF2N4O2/c1-12-19(25-26-27(12)15-6-7-18(23)16(21)9-15)20(29)24-10-13(11-28)8-14-4-2-3-5-17(14)22/h2-7,9,13,28H,8,10-11H2,1H3,(H,24,29)/t13-/m0/s1. The molecule has 9 heteroatoms. The van der Waals surface area contributed by atoms with Gasteiger partial charge >= 0.3 is 0 Å². The minimum Gasteiger partial charge on any atom is -0.396 e. The lowest BCUT2D eigenvalue weighted by Crippen LogP contribution is -2.32. The first-order chi connectivity index (χ1) is 13.9. The summed E-state index contributed by atoms with van der Waals surface area (Å²) in [6, 6.07) is 10.4. The SMILES string of the molecule is Cc1c(C(=O)NC[C@@H](CO)Cc2ccccc2F)nnn1-c1ccc(F)c(Cl)c1. The third-order valence-electron chi connectivity index (χ3n) is 4.53. The fraction of sp³-hybridized carbons (Fsp3) is 0.250. The number of benzene rings is 2. The van der Waals surface area contributed by atoms with Gasteiger partial charge in [0.05, 0.1) is 16.4 Å². The van der Waals surface area contributed by atoms with Gasteiger partial charge in [-0.3, -0.25) is 4.79 Å². The molecule has 0 radical (unpaired) electrons. The highest BCUT2D eigenvalue weighted by Gasteiger charge is 2.19. The van der Waals surface area contributed by atoms with Crippen molar-refractivity contribution < 1.29 is 18.7 Å². The number of nitrogens with zero attached hydrogens (tertiary/aromatic N) is 3. The van der Waals surface area contributed by atoms with Gasteiger partial charge in [-0.05, 0) is 43.2 Å². The van der Waals surface area contributed by atoms with Crippen molar-refractivity contribution >= 4 is 17.5 Å². The van der Waals surface area contributed by atoms with Gasteiger partial charge in [-0.2, -0.15) is 0 Å². The van der Waals surface area contributed by atoms with Gasteiger partial charge in [-0.25, -0.2) is 13.5 Å². The minimum absolute atomic E-state index is 0.0673. The molecule has 0 unspecified atom stereocenters. The Labute approximate surface area is 171 Å². The topological polar surface area (TPSA) is 80.0 Å². The number of halogens is 3. The van der Waals surface area contributed by atoms with Crippen LogP contribution in [0.5, 0.6) is 0 Å². The molecule has 0 saturated heterocycles. The third-order valence-corrected chi connectivity index (χ3v) is 4.82. The number of nitrogens with one attached hydrogen (secondary N) is 1. The molecule has 3 aromatic rings. The predicted molar refractivity (Wildman–Crippen MR) is 104 cm³/mol. The molecule has 0 saturated carbocycles. The number of aliphatic hydroxyl groups excluding tert-OH is 1. The van der Waals surface area contributed by atoms with Crippen LogP contribution < -0.4 is 5.32 Å². The summed E-state index contributed by atoms with van der Waals surface area (Å²) in [6.07, 6.45) is 0.281. The van der Waals surface area contributed by atoms with Crippen molar-refractivity contribution in [3.8, 4) is 5.69 Å². The van der Waals surface area contributed by atoms with Crippen LogP contribution in [0.3, 0.4) is 0 Å². The second-order valence-electron chi connectivity index (χ2n) is 6.59. The van der Waals surface area contributed by atoms with Gasteiger partial charge in [0.15, 0.2) is 5.69 Å². The summed E-state index contributed by atoms with van der Waals surface area (Å²) in [7, 11) is 0. The number of aliphatic hydroxyl groups is 1. The van der Waals surface area contributed by atoms with Crippen LogP contribution in [0.15, 0.2) is 42.5 Å². The molecular formula is C20H19ClF2N4O2. The average Bonchev–Trinajstić information content (AvgIpc) is 3.10. The Balaban J connectivity index is 1.68. The number of carbonyl (C=O) groups is 1. The van der Waals surface area contributed by atoms with E-state index in [9.17, 15) is 18.7 Å². The molecule has 1 heterocycles. The summed E-state index contributed by atoms with van der Waals surface area (Å²) in [4.78, 5) is 12.5. The van der Waals surface area contributed by atoms with Gasteiger partial charge in [0.2, 0.25) is 0 Å². The zero-order chi connectivity index (χ0) is 21.0. The second kappa shape index (κ2) is 9.11. The molecule has 2 aromatic carbocycles. The fourth-order valence-electron chi connectivity index (χ4n) is 2.90. The van der Waals surface area contributed by atoms with Gasteiger partial charge < -0.3 is 10.4 Å². The second-order valence-corrected chi connectivity index (χ2v) is 7.00. The summed E-state index contributed by atoms with van der Waals surface area (Å²) in [5.74, 6) is -1.75. The van der Waals surface area contributed by atoms with Gasteiger partial charge in [0.25, 0.3) is 5.91 Å². The van der Waals surface area contributed by atoms with E-state index in [2.05, 4.69) is 15.6 Å². The van der Waals surface area contributed by atoms with E-state index in [1.807, 2.05) is 0 Å². The molecule has 1 aromatic heterocycles. The number of carbonyl (C=O) groups excluding carboxylic acids is 1. The highest BCUT2D eigenvalue weighted by Crippen LogP contribution is 2.20. The molecule has 2 N–H and O–H groups in total. The molecule has 0 aliphatic rings. The van der Waals surface area contributed by atoms with Gasteiger partial charge in [-0.1, -0.05) is 35.0 Å². The molecule has 0 bridgehead atoms. The molecule has 6 nitrogen and oxygen atoms in total. The van der Waals surface area contributed by atoms with E-state index in [1.54, 1.807) is 25.1 Å². The highest BCUT2D eigenvalue weighted by atomic mass is 35.5. The first-order valence-electron chi connectivity index (χ1n) is 8.91.